The molecular formula is C16H23O4P. The van der Waals surface area contributed by atoms with E-state index in [9.17, 15) is 9.36 Å². The summed E-state index contributed by atoms with van der Waals surface area (Å²) in [5, 5.41) is -0.934. The van der Waals surface area contributed by atoms with Gasteiger partial charge in [0.2, 0.25) is 0 Å². The zero-order chi connectivity index (χ0) is 16.0. The SMILES string of the molecule is CCC(CC(C)C)(P=O)C(=O)c1c(OC)cccc1OC. The summed E-state index contributed by atoms with van der Waals surface area (Å²) in [7, 11) is 2.86. The van der Waals surface area contributed by atoms with Crippen LogP contribution in [0.4, 0.5) is 0 Å². The van der Waals surface area contributed by atoms with Gasteiger partial charge >= 0.3 is 0 Å². The summed E-state index contributed by atoms with van der Waals surface area (Å²) in [6.07, 6.45) is 1.05. The van der Waals surface area contributed by atoms with Crippen molar-refractivity contribution in [3.05, 3.63) is 23.8 Å². The predicted molar refractivity (Wildman–Crippen MR) is 84.0 cm³/mol. The molecule has 0 aliphatic carbocycles. The maximum atomic E-state index is 13.1. The van der Waals surface area contributed by atoms with Crippen molar-refractivity contribution in [2.45, 2.75) is 38.8 Å². The lowest BCUT2D eigenvalue weighted by Gasteiger charge is -2.27. The summed E-state index contributed by atoms with van der Waals surface area (Å²) in [4.78, 5) is 13.1. The normalized spacial score (nSPS) is 14.0. The van der Waals surface area contributed by atoms with Gasteiger partial charge in [-0.1, -0.05) is 26.8 Å². The van der Waals surface area contributed by atoms with E-state index in [4.69, 9.17) is 9.47 Å². The van der Waals surface area contributed by atoms with Crippen LogP contribution in [0, 0.1) is 5.92 Å². The lowest BCUT2D eigenvalue weighted by Crippen LogP contribution is -2.34. The van der Waals surface area contributed by atoms with Gasteiger partial charge in [-0.2, -0.15) is 0 Å². The fraction of sp³-hybridized carbons (Fsp3) is 0.562. The Balaban J connectivity index is 3.42. The first-order valence-electron chi connectivity index (χ1n) is 7.06. The van der Waals surface area contributed by atoms with Gasteiger partial charge < -0.3 is 9.47 Å². The van der Waals surface area contributed by atoms with E-state index >= 15 is 0 Å². The van der Waals surface area contributed by atoms with Gasteiger partial charge in [0.25, 0.3) is 0 Å². The van der Waals surface area contributed by atoms with Crippen LogP contribution in [0.2, 0.25) is 0 Å². The second-order valence-electron chi connectivity index (χ2n) is 5.44. The summed E-state index contributed by atoms with van der Waals surface area (Å²) in [6, 6.07) is 5.19. The predicted octanol–water partition coefficient (Wildman–Crippen LogP) is 4.37. The first-order valence-corrected chi connectivity index (χ1v) is 7.87. The molecule has 1 aromatic carbocycles. The Bertz CT molecular complexity index is 491. The Morgan fingerprint density at radius 2 is 1.76 bits per heavy atom. The van der Waals surface area contributed by atoms with Crippen molar-refractivity contribution >= 4 is 14.2 Å². The lowest BCUT2D eigenvalue weighted by molar-refractivity contribution is 0.0917. The fourth-order valence-electron chi connectivity index (χ4n) is 2.52. The van der Waals surface area contributed by atoms with Crippen LogP contribution in [0.5, 0.6) is 11.5 Å². The third-order valence-electron chi connectivity index (χ3n) is 3.58. The minimum Gasteiger partial charge on any atom is -0.496 e. The maximum Gasteiger partial charge on any atom is 0.187 e. The zero-order valence-electron chi connectivity index (χ0n) is 13.3. The van der Waals surface area contributed by atoms with E-state index in [1.807, 2.05) is 20.8 Å². The molecule has 1 aromatic rings. The number of Topliss-reactive ketones (excluding diaryl/α,β-unsaturated/α-hetero) is 1. The Morgan fingerprint density at radius 3 is 2.10 bits per heavy atom. The molecule has 21 heavy (non-hydrogen) atoms. The van der Waals surface area contributed by atoms with E-state index in [1.165, 1.54) is 14.2 Å². The van der Waals surface area contributed by atoms with Gasteiger partial charge in [0, 0.05) is 0 Å². The topological polar surface area (TPSA) is 52.6 Å². The summed E-state index contributed by atoms with van der Waals surface area (Å²) in [5.41, 5.74) is 0.369. The number of ketones is 1. The molecule has 0 aliphatic heterocycles. The molecule has 0 spiro atoms. The number of hydrogen-bond donors (Lipinski definition) is 0. The number of benzene rings is 1. The molecule has 1 atom stereocenters. The smallest absolute Gasteiger partial charge is 0.187 e. The number of ether oxygens (including phenoxy) is 2. The minimum absolute atomic E-state index is 0.160. The van der Waals surface area contributed by atoms with Crippen molar-refractivity contribution in [1.29, 1.82) is 0 Å². The Morgan fingerprint density at radius 1 is 1.24 bits per heavy atom. The highest BCUT2D eigenvalue weighted by molar-refractivity contribution is 7.28. The summed E-state index contributed by atoms with van der Waals surface area (Å²) in [5.74, 6) is 0.967. The first kappa shape index (κ1) is 17.6. The van der Waals surface area contributed by atoms with E-state index in [0.717, 1.165) is 0 Å². The highest BCUT2D eigenvalue weighted by Gasteiger charge is 2.41. The Kier molecular flexibility index (Phi) is 6.35. The highest BCUT2D eigenvalue weighted by Crippen LogP contribution is 2.41. The van der Waals surface area contributed by atoms with E-state index < -0.39 is 5.16 Å². The van der Waals surface area contributed by atoms with Crippen LogP contribution < -0.4 is 9.47 Å². The third-order valence-corrected chi connectivity index (χ3v) is 4.63. The second-order valence-corrected chi connectivity index (χ2v) is 6.48. The molecule has 0 N–H and O–H groups in total. The molecule has 0 heterocycles. The average Bonchev–Trinajstić information content (AvgIpc) is 2.50. The molecule has 0 bridgehead atoms. The largest absolute Gasteiger partial charge is 0.496 e. The van der Waals surface area contributed by atoms with E-state index in [-0.39, 0.29) is 20.2 Å². The van der Waals surface area contributed by atoms with Gasteiger partial charge in [-0.25, -0.2) is 0 Å². The minimum atomic E-state index is -0.934. The van der Waals surface area contributed by atoms with E-state index in [2.05, 4.69) is 0 Å². The molecule has 1 rings (SSSR count). The molecule has 4 nitrogen and oxygen atoms in total. The molecule has 1 unspecified atom stereocenters. The Hall–Kier alpha value is -1.41. The molecule has 0 saturated carbocycles. The van der Waals surface area contributed by atoms with E-state index in [1.54, 1.807) is 18.2 Å². The Labute approximate surface area is 128 Å². The molecule has 0 radical (unpaired) electrons. The van der Waals surface area contributed by atoms with Crippen molar-refractivity contribution in [3.8, 4) is 11.5 Å². The van der Waals surface area contributed by atoms with Crippen molar-refractivity contribution in [3.63, 3.8) is 0 Å². The number of rotatable bonds is 8. The van der Waals surface area contributed by atoms with Crippen LogP contribution >= 0.6 is 8.46 Å². The van der Waals surface area contributed by atoms with Crippen molar-refractivity contribution in [2.75, 3.05) is 14.2 Å². The quantitative estimate of drug-likeness (QED) is 0.528. The van der Waals surface area contributed by atoms with Gasteiger partial charge in [-0.05, 0) is 30.9 Å². The average molecular weight is 310 g/mol. The number of hydrogen-bond acceptors (Lipinski definition) is 4. The number of carbonyl (C=O) groups is 1. The van der Waals surface area contributed by atoms with Gasteiger partial charge in [0.05, 0.1) is 14.2 Å². The van der Waals surface area contributed by atoms with E-state index in [0.29, 0.717) is 29.9 Å². The van der Waals surface area contributed by atoms with Crippen LogP contribution in [0.3, 0.4) is 0 Å². The van der Waals surface area contributed by atoms with Crippen LogP contribution in [0.1, 0.15) is 44.0 Å². The molecule has 0 fully saturated rings. The summed E-state index contributed by atoms with van der Waals surface area (Å²) in [6.45, 7) is 5.91. The molecule has 116 valence electrons. The fourth-order valence-corrected chi connectivity index (χ4v) is 3.29. The van der Waals surface area contributed by atoms with Crippen molar-refractivity contribution < 1.29 is 18.8 Å². The third kappa shape index (κ3) is 3.62. The van der Waals surface area contributed by atoms with Gasteiger partial charge in [-0.15, -0.1) is 0 Å². The molecule has 0 saturated heterocycles. The highest BCUT2D eigenvalue weighted by atomic mass is 31.1. The van der Waals surface area contributed by atoms with Crippen LogP contribution in [0.25, 0.3) is 0 Å². The van der Waals surface area contributed by atoms with Gasteiger partial charge in [0.15, 0.2) is 14.2 Å². The van der Waals surface area contributed by atoms with Crippen LogP contribution in [-0.2, 0) is 4.57 Å². The second kappa shape index (κ2) is 7.56. The van der Waals surface area contributed by atoms with Gasteiger partial charge in [0.1, 0.15) is 22.2 Å². The first-order chi connectivity index (χ1) is 9.95. The summed E-state index contributed by atoms with van der Waals surface area (Å²) < 4.78 is 22.4. The van der Waals surface area contributed by atoms with Crippen molar-refractivity contribution in [2.24, 2.45) is 5.92 Å². The van der Waals surface area contributed by atoms with Crippen molar-refractivity contribution in [1.82, 2.24) is 0 Å². The molecule has 0 aromatic heterocycles. The maximum absolute atomic E-state index is 13.1. The summed E-state index contributed by atoms with van der Waals surface area (Å²) >= 11 is 0. The number of carbonyl (C=O) groups excluding carboxylic acids is 1. The zero-order valence-corrected chi connectivity index (χ0v) is 14.2. The number of methoxy groups -OCH3 is 2. The van der Waals surface area contributed by atoms with Crippen LogP contribution in [-0.4, -0.2) is 25.2 Å². The molecule has 0 amide bonds. The molecular weight excluding hydrogens is 287 g/mol. The van der Waals surface area contributed by atoms with Gasteiger partial charge in [-0.3, -0.25) is 9.36 Å². The monoisotopic (exact) mass is 310 g/mol. The standard InChI is InChI=1S/C16H23O4P/c1-6-16(21-18,10-11(2)3)15(17)14-12(19-4)8-7-9-13(14)20-5/h7-9,11H,6,10H2,1-5H3. The molecule has 5 heteroatoms. The lowest BCUT2D eigenvalue weighted by atomic mass is 9.86. The molecule has 0 aliphatic rings. The van der Waals surface area contributed by atoms with Crippen LogP contribution in [0.15, 0.2) is 18.2 Å².